The molecule has 0 radical (unpaired) electrons. The average molecular weight is 399 g/mol. The first kappa shape index (κ1) is 20.1. The molecular formula is C24H31FN2O2. The number of aryl methyl sites for hydroxylation is 3. The van der Waals surface area contributed by atoms with Crippen LogP contribution in [0.15, 0.2) is 24.3 Å². The van der Waals surface area contributed by atoms with E-state index in [1.165, 1.54) is 0 Å². The van der Waals surface area contributed by atoms with Crippen LogP contribution < -0.4 is 9.47 Å². The lowest BCUT2D eigenvalue weighted by Gasteiger charge is -2.37. The van der Waals surface area contributed by atoms with E-state index in [1.807, 2.05) is 32.0 Å². The molecule has 0 saturated carbocycles. The minimum absolute atomic E-state index is 0.0269. The molecular weight excluding hydrogens is 367 g/mol. The smallest absolute Gasteiger partial charge is 0.128 e. The summed E-state index contributed by atoms with van der Waals surface area (Å²) in [6.07, 6.45) is 4.11. The van der Waals surface area contributed by atoms with E-state index in [2.05, 4.69) is 16.8 Å². The molecule has 0 amide bonds. The van der Waals surface area contributed by atoms with Crippen LogP contribution in [0.5, 0.6) is 11.5 Å². The monoisotopic (exact) mass is 398 g/mol. The van der Waals surface area contributed by atoms with Crippen LogP contribution in [-0.4, -0.2) is 36.2 Å². The number of halogens is 1. The lowest BCUT2D eigenvalue weighted by Crippen LogP contribution is -2.39. The van der Waals surface area contributed by atoms with E-state index in [0.717, 1.165) is 79.4 Å². The molecule has 5 heteroatoms. The lowest BCUT2D eigenvalue weighted by molar-refractivity contribution is 0.0991. The first-order valence-corrected chi connectivity index (χ1v) is 10.8. The molecule has 29 heavy (non-hydrogen) atoms. The van der Waals surface area contributed by atoms with E-state index in [9.17, 15) is 4.39 Å². The number of aromatic nitrogens is 1. The number of nitrogens with zero attached hydrogens (tertiary/aromatic N) is 2. The van der Waals surface area contributed by atoms with Gasteiger partial charge in [-0.05, 0) is 70.7 Å². The van der Waals surface area contributed by atoms with Gasteiger partial charge in [-0.25, -0.2) is 4.39 Å². The summed E-state index contributed by atoms with van der Waals surface area (Å²) in [5.41, 5.74) is 3.69. The van der Waals surface area contributed by atoms with Gasteiger partial charge in [0.2, 0.25) is 0 Å². The van der Waals surface area contributed by atoms with Crippen molar-refractivity contribution in [3.8, 4) is 11.5 Å². The second-order valence-electron chi connectivity index (χ2n) is 8.51. The Morgan fingerprint density at radius 1 is 1.21 bits per heavy atom. The van der Waals surface area contributed by atoms with E-state index in [1.54, 1.807) is 6.07 Å². The molecule has 0 N–H and O–H groups in total. The molecule has 1 aromatic heterocycles. The number of benzene rings is 1. The predicted molar refractivity (Wildman–Crippen MR) is 112 cm³/mol. The summed E-state index contributed by atoms with van der Waals surface area (Å²) in [5.74, 6) is 2.08. The van der Waals surface area contributed by atoms with Crippen LogP contribution >= 0.6 is 0 Å². The highest BCUT2D eigenvalue weighted by Gasteiger charge is 2.27. The number of fused-ring (bicyclic) bond motifs is 1. The third kappa shape index (κ3) is 4.72. The Labute approximate surface area is 173 Å². The molecule has 2 atom stereocenters. The third-order valence-electron chi connectivity index (χ3n) is 6.12. The highest BCUT2D eigenvalue weighted by atomic mass is 19.1. The van der Waals surface area contributed by atoms with Crippen molar-refractivity contribution in [1.29, 1.82) is 0 Å². The maximum Gasteiger partial charge on any atom is 0.128 e. The Hall–Kier alpha value is -2.14. The van der Waals surface area contributed by atoms with Crippen molar-refractivity contribution in [1.82, 2.24) is 9.88 Å². The fourth-order valence-electron chi connectivity index (χ4n) is 4.58. The Balaban J connectivity index is 1.41. The minimum Gasteiger partial charge on any atom is -0.493 e. The maximum absolute atomic E-state index is 14.8. The molecule has 3 heterocycles. The average Bonchev–Trinajstić information content (AvgIpc) is 2.71. The van der Waals surface area contributed by atoms with Crippen molar-refractivity contribution in [3.63, 3.8) is 0 Å². The number of likely N-dealkylation sites (tertiary alicyclic amines) is 1. The molecule has 156 valence electrons. The highest BCUT2D eigenvalue weighted by molar-refractivity contribution is 5.41. The molecule has 0 aliphatic carbocycles. The Morgan fingerprint density at radius 3 is 2.79 bits per heavy atom. The first-order chi connectivity index (χ1) is 14.0. The van der Waals surface area contributed by atoms with E-state index >= 15 is 0 Å². The van der Waals surface area contributed by atoms with Gasteiger partial charge >= 0.3 is 0 Å². The number of piperidine rings is 1. The zero-order valence-electron chi connectivity index (χ0n) is 17.7. The van der Waals surface area contributed by atoms with Crippen LogP contribution in [-0.2, 0) is 6.42 Å². The molecule has 1 saturated heterocycles. The van der Waals surface area contributed by atoms with Gasteiger partial charge in [0, 0.05) is 47.6 Å². The Kier molecular flexibility index (Phi) is 6.04. The van der Waals surface area contributed by atoms with E-state index in [4.69, 9.17) is 9.47 Å². The van der Waals surface area contributed by atoms with Gasteiger partial charge in [0.1, 0.15) is 17.3 Å². The summed E-state index contributed by atoms with van der Waals surface area (Å²) < 4.78 is 26.7. The molecule has 2 aromatic rings. The predicted octanol–water partition coefficient (Wildman–Crippen LogP) is 5.01. The molecule has 0 spiro atoms. The summed E-state index contributed by atoms with van der Waals surface area (Å²) in [5, 5.41) is 0. The molecule has 1 aromatic carbocycles. The number of ether oxygens (including phenoxy) is 2. The Morgan fingerprint density at radius 2 is 2.00 bits per heavy atom. The quantitative estimate of drug-likeness (QED) is 0.709. The second-order valence-corrected chi connectivity index (χ2v) is 8.51. The van der Waals surface area contributed by atoms with Crippen LogP contribution in [0.1, 0.15) is 54.7 Å². The van der Waals surface area contributed by atoms with Crippen molar-refractivity contribution in [2.24, 2.45) is 5.92 Å². The van der Waals surface area contributed by atoms with Gasteiger partial charge < -0.3 is 9.47 Å². The number of hydrogen-bond acceptors (Lipinski definition) is 4. The summed E-state index contributed by atoms with van der Waals surface area (Å²) in [6.45, 7) is 9.39. The normalized spacial score (nSPS) is 20.6. The molecule has 4 nitrogen and oxygen atoms in total. The second kappa shape index (κ2) is 8.70. The van der Waals surface area contributed by atoms with Crippen molar-refractivity contribution < 1.29 is 13.9 Å². The van der Waals surface area contributed by atoms with Crippen molar-refractivity contribution >= 4 is 0 Å². The zero-order chi connectivity index (χ0) is 20.4. The van der Waals surface area contributed by atoms with Gasteiger partial charge in [-0.3, -0.25) is 9.88 Å². The van der Waals surface area contributed by atoms with Crippen LogP contribution in [0.4, 0.5) is 4.39 Å². The number of pyridine rings is 1. The van der Waals surface area contributed by atoms with E-state index in [-0.39, 0.29) is 11.9 Å². The summed E-state index contributed by atoms with van der Waals surface area (Å²) in [7, 11) is 0. The van der Waals surface area contributed by atoms with Gasteiger partial charge in [0.15, 0.2) is 0 Å². The SMILES string of the molecule is Cc1cc(OC[C@H]2CCCN(C(C)c3cc4c(cc3F)CCCO4)C2)cc(C)n1. The van der Waals surface area contributed by atoms with Crippen LogP contribution in [0.2, 0.25) is 0 Å². The maximum atomic E-state index is 14.8. The van der Waals surface area contributed by atoms with E-state index < -0.39 is 0 Å². The van der Waals surface area contributed by atoms with E-state index in [0.29, 0.717) is 12.5 Å². The molecule has 0 bridgehead atoms. The molecule has 1 unspecified atom stereocenters. The standard InChI is InChI=1S/C24H31FN2O2/c1-16-10-21(11-17(2)26-16)29-15-19-6-4-8-27(14-19)18(3)22-13-24-20(12-23(22)25)7-5-9-28-24/h10-13,18-19H,4-9,14-15H2,1-3H3/t18?,19-/m0/s1. The zero-order valence-corrected chi connectivity index (χ0v) is 17.7. The number of hydrogen-bond donors (Lipinski definition) is 0. The first-order valence-electron chi connectivity index (χ1n) is 10.8. The molecule has 2 aliphatic heterocycles. The van der Waals surface area contributed by atoms with Crippen LogP contribution in [0, 0.1) is 25.6 Å². The van der Waals surface area contributed by atoms with Crippen LogP contribution in [0.3, 0.4) is 0 Å². The summed E-state index contributed by atoms with van der Waals surface area (Å²) in [6, 6.07) is 7.60. The van der Waals surface area contributed by atoms with Crippen molar-refractivity contribution in [2.45, 2.75) is 52.5 Å². The van der Waals surface area contributed by atoms with Crippen LogP contribution in [0.25, 0.3) is 0 Å². The van der Waals surface area contributed by atoms with Crippen molar-refractivity contribution in [3.05, 3.63) is 52.6 Å². The number of rotatable bonds is 5. The fourth-order valence-corrected chi connectivity index (χ4v) is 4.58. The fraction of sp³-hybridized carbons (Fsp3) is 0.542. The topological polar surface area (TPSA) is 34.6 Å². The molecule has 1 fully saturated rings. The van der Waals surface area contributed by atoms with Crippen molar-refractivity contribution in [2.75, 3.05) is 26.3 Å². The van der Waals surface area contributed by atoms with Gasteiger partial charge in [-0.2, -0.15) is 0 Å². The molecule has 2 aliphatic rings. The minimum atomic E-state index is -0.108. The summed E-state index contributed by atoms with van der Waals surface area (Å²) in [4.78, 5) is 6.79. The third-order valence-corrected chi connectivity index (χ3v) is 6.12. The largest absolute Gasteiger partial charge is 0.493 e. The lowest BCUT2D eigenvalue weighted by atomic mass is 9.94. The Bertz CT molecular complexity index is 850. The van der Waals surface area contributed by atoms with Gasteiger partial charge in [-0.1, -0.05) is 0 Å². The van der Waals surface area contributed by atoms with Gasteiger partial charge in [0.25, 0.3) is 0 Å². The molecule has 4 rings (SSSR count). The van der Waals surface area contributed by atoms with Gasteiger partial charge in [-0.15, -0.1) is 0 Å². The summed E-state index contributed by atoms with van der Waals surface area (Å²) >= 11 is 0. The van der Waals surface area contributed by atoms with Gasteiger partial charge in [0.05, 0.1) is 13.2 Å². The highest BCUT2D eigenvalue weighted by Crippen LogP contribution is 2.34.